The third-order valence-electron chi connectivity index (χ3n) is 4.40. The first-order chi connectivity index (χ1) is 15.9. The van der Waals surface area contributed by atoms with Crippen LogP contribution in [0, 0.1) is 0 Å². The number of aliphatic hydroxyl groups excluding tert-OH is 2. The maximum atomic E-state index is 13.5. The summed E-state index contributed by atoms with van der Waals surface area (Å²) in [5, 5.41) is 21.0. The number of aliphatic hydroxyl groups is 2. The summed E-state index contributed by atoms with van der Waals surface area (Å²) >= 11 is 0. The maximum absolute atomic E-state index is 13.5. The lowest BCUT2D eigenvalue weighted by Gasteiger charge is -2.38. The first-order valence-corrected chi connectivity index (χ1v) is 13.5. The molecule has 1 unspecified atom stereocenters. The van der Waals surface area contributed by atoms with E-state index in [1.54, 1.807) is 68.4 Å². The van der Waals surface area contributed by atoms with Gasteiger partial charge in [0.2, 0.25) is 0 Å². The number of ether oxygens (including phenoxy) is 1. The monoisotopic (exact) mass is 531 g/mol. The van der Waals surface area contributed by atoms with Crippen molar-refractivity contribution in [3.63, 3.8) is 0 Å². The molecule has 208 valence electrons. The SMILES string of the molecule is CC(C)(C)OC(=O)N(CC(O)c1ccc(OP(=O)(OC(C)(C)C)OC(C)(C)C)c(CO)c1)C(C)(C)C. The number of hydrogen-bond acceptors (Lipinski definition) is 8. The number of amides is 1. The van der Waals surface area contributed by atoms with Gasteiger partial charge in [0.25, 0.3) is 0 Å². The molecule has 0 saturated heterocycles. The van der Waals surface area contributed by atoms with Gasteiger partial charge in [-0.2, -0.15) is 0 Å². The highest BCUT2D eigenvalue weighted by Crippen LogP contribution is 2.55. The van der Waals surface area contributed by atoms with E-state index in [4.69, 9.17) is 18.3 Å². The smallest absolute Gasteiger partial charge is 0.444 e. The van der Waals surface area contributed by atoms with Crippen LogP contribution in [0.2, 0.25) is 0 Å². The van der Waals surface area contributed by atoms with Crippen LogP contribution in [0.4, 0.5) is 4.79 Å². The minimum absolute atomic E-state index is 0.0394. The second-order valence-corrected chi connectivity index (χ2v) is 14.2. The summed E-state index contributed by atoms with van der Waals surface area (Å²) in [6, 6.07) is 4.60. The van der Waals surface area contributed by atoms with Crippen molar-refractivity contribution in [2.75, 3.05) is 6.54 Å². The molecule has 0 spiro atoms. The Hall–Kier alpha value is -1.64. The fraction of sp³-hybridized carbons (Fsp3) is 0.731. The minimum Gasteiger partial charge on any atom is -0.444 e. The van der Waals surface area contributed by atoms with Gasteiger partial charge >= 0.3 is 13.9 Å². The third kappa shape index (κ3) is 11.2. The van der Waals surface area contributed by atoms with Crippen molar-refractivity contribution in [2.45, 2.75) is 118 Å². The summed E-state index contributed by atoms with van der Waals surface area (Å²) < 4.78 is 36.1. The van der Waals surface area contributed by atoms with Crippen molar-refractivity contribution in [1.82, 2.24) is 4.90 Å². The van der Waals surface area contributed by atoms with Crippen LogP contribution in [0.1, 0.15) is 100 Å². The van der Waals surface area contributed by atoms with E-state index in [0.29, 0.717) is 5.56 Å². The normalized spacial score (nSPS) is 14.4. The Morgan fingerprint density at radius 2 is 1.42 bits per heavy atom. The third-order valence-corrected chi connectivity index (χ3v) is 6.36. The van der Waals surface area contributed by atoms with Crippen molar-refractivity contribution in [3.8, 4) is 5.75 Å². The summed E-state index contributed by atoms with van der Waals surface area (Å²) in [4.78, 5) is 14.3. The van der Waals surface area contributed by atoms with E-state index in [-0.39, 0.29) is 17.9 Å². The van der Waals surface area contributed by atoms with E-state index in [0.717, 1.165) is 0 Å². The predicted molar refractivity (Wildman–Crippen MR) is 140 cm³/mol. The van der Waals surface area contributed by atoms with Crippen molar-refractivity contribution >= 4 is 13.9 Å². The lowest BCUT2D eigenvalue weighted by Crippen LogP contribution is -2.49. The first-order valence-electron chi connectivity index (χ1n) is 12.1. The number of carbonyl (C=O) groups is 1. The number of hydrogen-bond donors (Lipinski definition) is 2. The van der Waals surface area contributed by atoms with E-state index < -0.39 is 49.0 Å². The number of phosphoric ester groups is 1. The molecule has 0 aliphatic heterocycles. The zero-order chi connectivity index (χ0) is 28.3. The van der Waals surface area contributed by atoms with E-state index in [1.807, 2.05) is 20.8 Å². The molecule has 0 radical (unpaired) electrons. The second kappa shape index (κ2) is 11.4. The standard InChI is InChI=1S/C26H46NO8P/c1-23(2,3)27(22(30)32-24(4,5)6)16-20(29)18-13-14-21(19(15-18)17-28)33-36(31,34-25(7,8)9)35-26(10,11)12/h13-15,20,28-29H,16-17H2,1-12H3. The Bertz CT molecular complexity index is 915. The van der Waals surface area contributed by atoms with E-state index in [1.165, 1.54) is 17.0 Å². The van der Waals surface area contributed by atoms with Gasteiger partial charge in [0.1, 0.15) is 11.4 Å². The molecule has 9 nitrogen and oxygen atoms in total. The highest BCUT2D eigenvalue weighted by molar-refractivity contribution is 7.49. The lowest BCUT2D eigenvalue weighted by molar-refractivity contribution is -0.00793. The largest absolute Gasteiger partial charge is 0.531 e. The fourth-order valence-electron chi connectivity index (χ4n) is 3.08. The zero-order valence-electron chi connectivity index (χ0n) is 24.0. The molecule has 2 N–H and O–H groups in total. The number of nitrogens with zero attached hydrogens (tertiary/aromatic N) is 1. The Labute approximate surface area is 216 Å². The van der Waals surface area contributed by atoms with Crippen molar-refractivity contribution in [1.29, 1.82) is 0 Å². The van der Waals surface area contributed by atoms with Crippen molar-refractivity contribution in [3.05, 3.63) is 29.3 Å². The topological polar surface area (TPSA) is 115 Å². The van der Waals surface area contributed by atoms with Gasteiger partial charge in [-0.15, -0.1) is 0 Å². The number of benzene rings is 1. The van der Waals surface area contributed by atoms with Crippen molar-refractivity contribution in [2.24, 2.45) is 0 Å². The predicted octanol–water partition coefficient (Wildman–Crippen LogP) is 6.37. The van der Waals surface area contributed by atoms with Crippen LogP contribution in [-0.4, -0.2) is 50.1 Å². The van der Waals surface area contributed by atoms with Gasteiger partial charge in [0.05, 0.1) is 30.5 Å². The van der Waals surface area contributed by atoms with Gasteiger partial charge in [-0.05, 0) is 101 Å². The molecule has 1 rings (SSSR count). The Morgan fingerprint density at radius 3 is 1.81 bits per heavy atom. The number of phosphoric acid groups is 1. The van der Waals surface area contributed by atoms with Crippen LogP contribution in [0.15, 0.2) is 18.2 Å². The highest BCUT2D eigenvalue weighted by Gasteiger charge is 2.39. The zero-order valence-corrected chi connectivity index (χ0v) is 24.9. The second-order valence-electron chi connectivity index (χ2n) is 12.7. The molecule has 1 amide bonds. The van der Waals surface area contributed by atoms with Crippen LogP contribution in [-0.2, 0) is 25.0 Å². The van der Waals surface area contributed by atoms with Gasteiger partial charge in [0, 0.05) is 11.1 Å². The molecule has 1 atom stereocenters. The maximum Gasteiger partial charge on any atom is 0.531 e. The molecule has 0 aliphatic rings. The molecule has 0 aromatic heterocycles. The minimum atomic E-state index is -4.08. The van der Waals surface area contributed by atoms with E-state index >= 15 is 0 Å². The molecule has 36 heavy (non-hydrogen) atoms. The summed E-state index contributed by atoms with van der Waals surface area (Å²) in [5.74, 6) is 0.102. The molecular formula is C26H46NO8P. The van der Waals surface area contributed by atoms with Crippen LogP contribution < -0.4 is 4.52 Å². The Kier molecular flexibility index (Phi) is 10.3. The summed E-state index contributed by atoms with van der Waals surface area (Å²) in [6.07, 6.45) is -1.63. The highest BCUT2D eigenvalue weighted by atomic mass is 31.2. The molecule has 1 aromatic rings. The molecule has 0 aliphatic carbocycles. The summed E-state index contributed by atoms with van der Waals surface area (Å²) in [7, 11) is -4.08. The number of carbonyl (C=O) groups excluding carboxylic acids is 1. The van der Waals surface area contributed by atoms with Gasteiger partial charge in [-0.3, -0.25) is 9.05 Å². The van der Waals surface area contributed by atoms with Crippen LogP contribution >= 0.6 is 7.82 Å². The van der Waals surface area contributed by atoms with Crippen LogP contribution in [0.25, 0.3) is 0 Å². The van der Waals surface area contributed by atoms with E-state index in [9.17, 15) is 19.6 Å². The summed E-state index contributed by atoms with van der Waals surface area (Å²) in [5.41, 5.74) is -2.24. The van der Waals surface area contributed by atoms with Crippen LogP contribution in [0.3, 0.4) is 0 Å². The quantitative estimate of drug-likeness (QED) is 0.372. The average molecular weight is 532 g/mol. The number of rotatable bonds is 8. The fourth-order valence-corrected chi connectivity index (χ4v) is 4.96. The van der Waals surface area contributed by atoms with Gasteiger partial charge in [-0.25, -0.2) is 9.36 Å². The molecule has 0 bridgehead atoms. The van der Waals surface area contributed by atoms with Gasteiger partial charge in [-0.1, -0.05) is 6.07 Å². The molecule has 1 aromatic carbocycles. The Morgan fingerprint density at radius 1 is 0.917 bits per heavy atom. The molecule has 10 heteroatoms. The molecular weight excluding hydrogens is 485 g/mol. The van der Waals surface area contributed by atoms with Gasteiger partial charge in [0.15, 0.2) is 0 Å². The first kappa shape index (κ1) is 32.4. The van der Waals surface area contributed by atoms with Crippen LogP contribution in [0.5, 0.6) is 5.75 Å². The lowest BCUT2D eigenvalue weighted by atomic mass is 10.0. The summed E-state index contributed by atoms with van der Waals surface area (Å²) in [6.45, 7) is 20.8. The van der Waals surface area contributed by atoms with E-state index in [2.05, 4.69) is 0 Å². The van der Waals surface area contributed by atoms with Gasteiger partial charge < -0.3 is 24.4 Å². The molecule has 0 heterocycles. The molecule has 0 fully saturated rings. The Balaban J connectivity index is 3.27. The number of β-amino-alcohol motifs (C(OH)–C–C–N with tert-alkyl or cyclic N) is 1. The average Bonchev–Trinajstić information content (AvgIpc) is 2.60. The molecule has 0 saturated carbocycles. The van der Waals surface area contributed by atoms with Crippen molar-refractivity contribution < 1.29 is 37.9 Å².